The second-order valence-electron chi connectivity index (χ2n) is 8.26. The Morgan fingerprint density at radius 1 is 1.09 bits per heavy atom. The standard InChI is InChI=1S/C25H22FN3O2S/c1-25(24(31)27-14-17-6-3-2-4-7-17)16-28-21(13-19-10-11-32-23(19)28)22(30)29(25)15-18-8-5-9-20(26)12-18/h2-13H,14-16H2,1H3,(H,27,31)/t25-/m0/s1. The topological polar surface area (TPSA) is 54.3 Å². The van der Waals surface area contributed by atoms with Gasteiger partial charge in [0.05, 0.1) is 6.54 Å². The van der Waals surface area contributed by atoms with Gasteiger partial charge in [0.1, 0.15) is 21.9 Å². The summed E-state index contributed by atoms with van der Waals surface area (Å²) >= 11 is 1.55. The lowest BCUT2D eigenvalue weighted by atomic mass is 9.93. The first-order valence-electron chi connectivity index (χ1n) is 10.4. The van der Waals surface area contributed by atoms with E-state index in [4.69, 9.17) is 0 Å². The van der Waals surface area contributed by atoms with Gasteiger partial charge >= 0.3 is 0 Å². The van der Waals surface area contributed by atoms with Crippen LogP contribution in [0.4, 0.5) is 4.39 Å². The van der Waals surface area contributed by atoms with Crippen LogP contribution in [0, 0.1) is 5.82 Å². The van der Waals surface area contributed by atoms with Crippen molar-refractivity contribution in [3.05, 3.63) is 94.7 Å². The summed E-state index contributed by atoms with van der Waals surface area (Å²) in [6.45, 7) is 2.62. The number of hydrogen-bond acceptors (Lipinski definition) is 3. The molecule has 7 heteroatoms. The van der Waals surface area contributed by atoms with Crippen LogP contribution >= 0.6 is 11.3 Å². The normalized spacial score (nSPS) is 18.1. The molecule has 0 radical (unpaired) electrons. The Labute approximate surface area is 189 Å². The highest BCUT2D eigenvalue weighted by atomic mass is 32.1. The Hall–Kier alpha value is -3.45. The number of halogens is 1. The fourth-order valence-electron chi connectivity index (χ4n) is 4.29. The molecule has 0 aliphatic carbocycles. The Bertz CT molecular complexity index is 1310. The van der Waals surface area contributed by atoms with E-state index in [-0.39, 0.29) is 24.2 Å². The molecule has 3 heterocycles. The zero-order chi connectivity index (χ0) is 22.3. The summed E-state index contributed by atoms with van der Waals surface area (Å²) < 4.78 is 15.8. The molecule has 0 fully saturated rings. The van der Waals surface area contributed by atoms with Crippen molar-refractivity contribution in [1.29, 1.82) is 0 Å². The maximum absolute atomic E-state index is 13.8. The smallest absolute Gasteiger partial charge is 0.271 e. The molecule has 1 aliphatic rings. The quantitative estimate of drug-likeness (QED) is 0.487. The maximum atomic E-state index is 13.8. The third-order valence-corrected chi connectivity index (χ3v) is 6.99. The Balaban J connectivity index is 1.52. The molecule has 162 valence electrons. The Morgan fingerprint density at radius 3 is 2.66 bits per heavy atom. The third kappa shape index (κ3) is 3.48. The summed E-state index contributed by atoms with van der Waals surface area (Å²) in [6, 6.07) is 19.6. The number of carbonyl (C=O) groups excluding carboxylic acids is 2. The SMILES string of the molecule is C[C@@]1(C(=O)NCc2ccccc2)Cn2c(cc3ccsc32)C(=O)N1Cc1cccc(F)c1. The van der Waals surface area contributed by atoms with Gasteiger partial charge < -0.3 is 14.8 Å². The van der Waals surface area contributed by atoms with Crippen molar-refractivity contribution in [2.75, 3.05) is 0 Å². The van der Waals surface area contributed by atoms with Gasteiger partial charge in [0.25, 0.3) is 5.91 Å². The predicted octanol–water partition coefficient (Wildman–Crippen LogP) is 4.57. The van der Waals surface area contributed by atoms with Crippen LogP contribution < -0.4 is 5.32 Å². The fraction of sp³-hybridized carbons (Fsp3) is 0.200. The lowest BCUT2D eigenvalue weighted by molar-refractivity contribution is -0.133. The number of benzene rings is 2. The molecule has 1 atom stereocenters. The van der Waals surface area contributed by atoms with Crippen LogP contribution in [-0.2, 0) is 24.4 Å². The van der Waals surface area contributed by atoms with Crippen LogP contribution in [-0.4, -0.2) is 26.8 Å². The first kappa shape index (κ1) is 20.5. The molecule has 2 aromatic heterocycles. The first-order chi connectivity index (χ1) is 15.5. The molecular formula is C25H22FN3O2S. The number of hydrogen-bond donors (Lipinski definition) is 1. The second-order valence-corrected chi connectivity index (χ2v) is 9.15. The van der Waals surface area contributed by atoms with E-state index < -0.39 is 5.54 Å². The highest BCUT2D eigenvalue weighted by molar-refractivity contribution is 7.16. The molecule has 0 unspecified atom stereocenters. The number of aromatic nitrogens is 1. The van der Waals surface area contributed by atoms with Gasteiger partial charge in [-0.2, -0.15) is 0 Å². The van der Waals surface area contributed by atoms with Crippen LogP contribution in [0.3, 0.4) is 0 Å². The molecule has 4 aromatic rings. The van der Waals surface area contributed by atoms with Gasteiger partial charge in [0.15, 0.2) is 0 Å². The number of amides is 2. The van der Waals surface area contributed by atoms with Crippen LogP contribution in [0.2, 0.25) is 0 Å². The number of fused-ring (bicyclic) bond motifs is 3. The lowest BCUT2D eigenvalue weighted by Gasteiger charge is -2.44. The molecule has 2 amide bonds. The average Bonchev–Trinajstić information content (AvgIpc) is 3.38. The number of thiophene rings is 1. The van der Waals surface area contributed by atoms with Crippen LogP contribution in [0.1, 0.15) is 28.5 Å². The predicted molar refractivity (Wildman–Crippen MR) is 123 cm³/mol. The monoisotopic (exact) mass is 447 g/mol. The van der Waals surface area contributed by atoms with Gasteiger partial charge in [-0.3, -0.25) is 9.59 Å². The zero-order valence-corrected chi connectivity index (χ0v) is 18.4. The maximum Gasteiger partial charge on any atom is 0.271 e. The summed E-state index contributed by atoms with van der Waals surface area (Å²) in [6.07, 6.45) is 0. The molecule has 0 spiro atoms. The minimum atomic E-state index is -1.14. The highest BCUT2D eigenvalue weighted by Gasteiger charge is 2.47. The number of rotatable bonds is 5. The van der Waals surface area contributed by atoms with E-state index in [2.05, 4.69) is 5.32 Å². The largest absolute Gasteiger partial charge is 0.350 e. The fourth-order valence-corrected chi connectivity index (χ4v) is 5.19. The van der Waals surface area contributed by atoms with Crippen molar-refractivity contribution < 1.29 is 14.0 Å². The number of nitrogens with zero attached hydrogens (tertiary/aromatic N) is 2. The molecule has 2 aromatic carbocycles. The van der Waals surface area contributed by atoms with Gasteiger partial charge in [-0.05, 0) is 47.7 Å². The van der Waals surface area contributed by atoms with Gasteiger partial charge in [0, 0.05) is 18.5 Å². The van der Waals surface area contributed by atoms with Crippen molar-refractivity contribution in [2.45, 2.75) is 32.1 Å². The second kappa shape index (κ2) is 7.91. The molecule has 1 aliphatic heterocycles. The summed E-state index contributed by atoms with van der Waals surface area (Å²) in [7, 11) is 0. The molecule has 32 heavy (non-hydrogen) atoms. The van der Waals surface area contributed by atoms with E-state index in [1.807, 2.05) is 52.4 Å². The van der Waals surface area contributed by atoms with Crippen molar-refractivity contribution in [3.63, 3.8) is 0 Å². The molecule has 5 nitrogen and oxygen atoms in total. The van der Waals surface area contributed by atoms with E-state index in [1.54, 1.807) is 35.3 Å². The zero-order valence-electron chi connectivity index (χ0n) is 17.5. The van der Waals surface area contributed by atoms with Gasteiger partial charge in [-0.15, -0.1) is 11.3 Å². The van der Waals surface area contributed by atoms with Gasteiger partial charge in [-0.25, -0.2) is 4.39 Å². The summed E-state index contributed by atoms with van der Waals surface area (Å²) in [5, 5.41) is 5.97. The minimum absolute atomic E-state index is 0.144. The number of carbonyl (C=O) groups is 2. The first-order valence-corrected chi connectivity index (χ1v) is 11.3. The van der Waals surface area contributed by atoms with E-state index in [1.165, 1.54) is 12.1 Å². The Kier molecular flexibility index (Phi) is 5.06. The third-order valence-electron chi connectivity index (χ3n) is 6.04. The Morgan fingerprint density at radius 2 is 1.88 bits per heavy atom. The van der Waals surface area contributed by atoms with Crippen LogP contribution in [0.15, 0.2) is 72.1 Å². The van der Waals surface area contributed by atoms with E-state index >= 15 is 0 Å². The van der Waals surface area contributed by atoms with E-state index in [9.17, 15) is 14.0 Å². The van der Waals surface area contributed by atoms with Crippen molar-refractivity contribution in [2.24, 2.45) is 0 Å². The van der Waals surface area contributed by atoms with Crippen molar-refractivity contribution in [1.82, 2.24) is 14.8 Å². The van der Waals surface area contributed by atoms with Crippen LogP contribution in [0.25, 0.3) is 10.2 Å². The van der Waals surface area contributed by atoms with Crippen LogP contribution in [0.5, 0.6) is 0 Å². The molecule has 1 N–H and O–H groups in total. The summed E-state index contributed by atoms with van der Waals surface area (Å²) in [5.74, 6) is -0.845. The van der Waals surface area contributed by atoms with Crippen molar-refractivity contribution >= 4 is 33.4 Å². The molecule has 0 saturated heterocycles. The number of nitrogens with one attached hydrogen (secondary N) is 1. The van der Waals surface area contributed by atoms with E-state index in [0.29, 0.717) is 24.3 Å². The van der Waals surface area contributed by atoms with Crippen molar-refractivity contribution in [3.8, 4) is 0 Å². The molecule has 5 rings (SSSR count). The molecular weight excluding hydrogens is 425 g/mol. The minimum Gasteiger partial charge on any atom is -0.350 e. The average molecular weight is 448 g/mol. The van der Waals surface area contributed by atoms with E-state index in [0.717, 1.165) is 15.8 Å². The summed E-state index contributed by atoms with van der Waals surface area (Å²) in [5.41, 5.74) is 1.03. The molecule has 0 bridgehead atoms. The molecule has 0 saturated carbocycles. The highest BCUT2D eigenvalue weighted by Crippen LogP contribution is 2.35. The van der Waals surface area contributed by atoms with Gasteiger partial charge in [0.2, 0.25) is 5.91 Å². The summed E-state index contributed by atoms with van der Waals surface area (Å²) in [4.78, 5) is 29.7. The van der Waals surface area contributed by atoms with Gasteiger partial charge in [-0.1, -0.05) is 42.5 Å². The lowest BCUT2D eigenvalue weighted by Crippen LogP contribution is -2.63.